The number of carbonyl (C=O) groups excluding carboxylic acids is 1. The minimum atomic E-state index is -0.283. The molecular formula is C20H22N4O2S. The van der Waals surface area contributed by atoms with E-state index in [9.17, 15) is 4.79 Å². The van der Waals surface area contributed by atoms with E-state index in [1.165, 1.54) is 29.6 Å². The van der Waals surface area contributed by atoms with Gasteiger partial charge in [-0.05, 0) is 48.9 Å². The average Bonchev–Trinajstić information content (AvgIpc) is 3.32. The van der Waals surface area contributed by atoms with Gasteiger partial charge in [-0.25, -0.2) is 14.3 Å². The Morgan fingerprint density at radius 3 is 2.63 bits per heavy atom. The summed E-state index contributed by atoms with van der Waals surface area (Å²) in [6.45, 7) is 10.5. The highest BCUT2D eigenvalue weighted by atomic mass is 32.1. The minimum absolute atomic E-state index is 0.283. The predicted molar refractivity (Wildman–Crippen MR) is 108 cm³/mol. The second-order valence-corrected chi connectivity index (χ2v) is 8.16. The van der Waals surface area contributed by atoms with Gasteiger partial charge in [0.25, 0.3) is 0 Å². The van der Waals surface area contributed by atoms with Gasteiger partial charge >= 0.3 is 5.97 Å². The van der Waals surface area contributed by atoms with Crippen molar-refractivity contribution in [1.29, 1.82) is 0 Å². The lowest BCUT2D eigenvalue weighted by Gasteiger charge is -2.14. The van der Waals surface area contributed by atoms with E-state index >= 15 is 0 Å². The monoisotopic (exact) mass is 382 g/mol. The summed E-state index contributed by atoms with van der Waals surface area (Å²) in [6.07, 6.45) is 3.61. The molecule has 1 N–H and O–H groups in total. The van der Waals surface area contributed by atoms with Gasteiger partial charge in [0.1, 0.15) is 16.0 Å². The molecule has 4 aromatic heterocycles. The van der Waals surface area contributed by atoms with E-state index in [1.54, 1.807) is 6.33 Å². The number of esters is 1. The summed E-state index contributed by atoms with van der Waals surface area (Å²) in [5, 5.41) is 5.45. The van der Waals surface area contributed by atoms with E-state index in [2.05, 4.69) is 42.8 Å². The molecular weight excluding hydrogens is 360 g/mol. The van der Waals surface area contributed by atoms with Crippen LogP contribution in [-0.2, 0) is 4.74 Å². The SMILES string of the molecule is COC(=O)c1sc2[nH]c(-c3cn4ncnc4c(C)c3C)c(C(C)C)c2c1C. The molecule has 0 aromatic carbocycles. The highest BCUT2D eigenvalue weighted by molar-refractivity contribution is 7.20. The van der Waals surface area contributed by atoms with E-state index in [0.29, 0.717) is 10.8 Å². The standard InChI is InChI=1S/C20H22N4O2S/c1-9(2)14-15-12(5)17(20(25)26-6)27-19(15)23-16(14)13-7-24-18(21-8-22-24)11(4)10(13)3/h7-9,23H,1-6H3. The highest BCUT2D eigenvalue weighted by Crippen LogP contribution is 2.43. The molecule has 4 rings (SSSR count). The number of aromatic nitrogens is 4. The molecule has 0 aliphatic carbocycles. The molecule has 0 radical (unpaired) electrons. The van der Waals surface area contributed by atoms with E-state index in [1.807, 2.05) is 17.6 Å². The highest BCUT2D eigenvalue weighted by Gasteiger charge is 2.25. The van der Waals surface area contributed by atoms with Gasteiger partial charge in [0.2, 0.25) is 0 Å². The summed E-state index contributed by atoms with van der Waals surface area (Å²) in [6, 6.07) is 0. The van der Waals surface area contributed by atoms with Gasteiger partial charge in [-0.2, -0.15) is 5.10 Å². The number of H-pyrrole nitrogens is 1. The zero-order valence-electron chi connectivity index (χ0n) is 16.3. The van der Waals surface area contributed by atoms with Crippen LogP contribution in [-0.4, -0.2) is 32.7 Å². The first-order valence-corrected chi connectivity index (χ1v) is 9.70. The maximum Gasteiger partial charge on any atom is 0.348 e. The molecule has 0 spiro atoms. The molecule has 0 aliphatic heterocycles. The summed E-state index contributed by atoms with van der Waals surface area (Å²) in [7, 11) is 1.42. The summed E-state index contributed by atoms with van der Waals surface area (Å²) in [5.41, 5.74) is 7.56. The number of hydrogen-bond acceptors (Lipinski definition) is 5. The van der Waals surface area contributed by atoms with Crippen LogP contribution in [0.3, 0.4) is 0 Å². The normalized spacial score (nSPS) is 11.8. The van der Waals surface area contributed by atoms with Crippen LogP contribution in [0.4, 0.5) is 0 Å². The fourth-order valence-electron chi connectivity index (χ4n) is 3.76. The Labute approximate surface area is 161 Å². The first-order chi connectivity index (χ1) is 12.8. The third-order valence-corrected chi connectivity index (χ3v) is 6.46. The molecule has 0 fully saturated rings. The Morgan fingerprint density at radius 1 is 1.22 bits per heavy atom. The van der Waals surface area contributed by atoms with Crippen LogP contribution >= 0.6 is 11.3 Å². The third kappa shape index (κ3) is 2.49. The van der Waals surface area contributed by atoms with Crippen LogP contribution in [0.2, 0.25) is 0 Å². The number of ether oxygens (including phenoxy) is 1. The molecule has 0 atom stereocenters. The van der Waals surface area contributed by atoms with Crippen molar-refractivity contribution in [3.05, 3.63) is 39.7 Å². The van der Waals surface area contributed by atoms with E-state index in [0.717, 1.165) is 38.2 Å². The van der Waals surface area contributed by atoms with E-state index in [-0.39, 0.29) is 5.97 Å². The quantitative estimate of drug-likeness (QED) is 0.518. The first kappa shape index (κ1) is 17.7. The van der Waals surface area contributed by atoms with Gasteiger partial charge in [0.15, 0.2) is 5.65 Å². The van der Waals surface area contributed by atoms with Gasteiger partial charge in [-0.3, -0.25) is 0 Å². The average molecular weight is 382 g/mol. The molecule has 4 aromatic rings. The molecule has 6 nitrogen and oxygen atoms in total. The summed E-state index contributed by atoms with van der Waals surface area (Å²) in [5.74, 6) is 0.00751. The minimum Gasteiger partial charge on any atom is -0.465 e. The molecule has 140 valence electrons. The van der Waals surface area contributed by atoms with Crippen molar-refractivity contribution >= 4 is 33.2 Å². The number of nitrogens with zero attached hydrogens (tertiary/aromatic N) is 3. The second-order valence-electron chi connectivity index (χ2n) is 7.14. The summed E-state index contributed by atoms with van der Waals surface area (Å²) >= 11 is 1.45. The summed E-state index contributed by atoms with van der Waals surface area (Å²) in [4.78, 5) is 21.7. The molecule has 4 heterocycles. The molecule has 0 bridgehead atoms. The molecule has 0 aliphatic rings. The Morgan fingerprint density at radius 2 is 1.96 bits per heavy atom. The number of rotatable bonds is 3. The Bertz CT molecular complexity index is 1200. The van der Waals surface area contributed by atoms with Gasteiger partial charge < -0.3 is 9.72 Å². The van der Waals surface area contributed by atoms with Crippen LogP contribution in [0.5, 0.6) is 0 Å². The van der Waals surface area contributed by atoms with Gasteiger partial charge in [-0.1, -0.05) is 13.8 Å². The molecule has 0 saturated heterocycles. The smallest absolute Gasteiger partial charge is 0.348 e. The molecule has 0 amide bonds. The van der Waals surface area contributed by atoms with Crippen molar-refractivity contribution < 1.29 is 9.53 Å². The number of fused-ring (bicyclic) bond motifs is 2. The second kappa shape index (κ2) is 6.20. The predicted octanol–water partition coefficient (Wildman–Crippen LogP) is 4.77. The molecule has 7 heteroatoms. The number of pyridine rings is 1. The van der Waals surface area contributed by atoms with Crippen molar-refractivity contribution in [2.24, 2.45) is 0 Å². The van der Waals surface area contributed by atoms with Crippen LogP contribution in [0.15, 0.2) is 12.5 Å². The third-order valence-electron chi connectivity index (χ3n) is 5.27. The molecule has 0 unspecified atom stereocenters. The zero-order valence-corrected chi connectivity index (χ0v) is 17.1. The number of carbonyl (C=O) groups is 1. The van der Waals surface area contributed by atoms with Crippen molar-refractivity contribution in [3.63, 3.8) is 0 Å². The van der Waals surface area contributed by atoms with Crippen LogP contribution in [0, 0.1) is 20.8 Å². The Balaban J connectivity index is 2.04. The van der Waals surface area contributed by atoms with Crippen molar-refractivity contribution in [3.8, 4) is 11.3 Å². The topological polar surface area (TPSA) is 72.3 Å². The van der Waals surface area contributed by atoms with E-state index in [4.69, 9.17) is 4.74 Å². The zero-order chi connectivity index (χ0) is 19.5. The summed E-state index contributed by atoms with van der Waals surface area (Å²) < 4.78 is 6.77. The van der Waals surface area contributed by atoms with Crippen LogP contribution in [0.1, 0.15) is 51.7 Å². The van der Waals surface area contributed by atoms with Crippen molar-refractivity contribution in [2.75, 3.05) is 7.11 Å². The largest absolute Gasteiger partial charge is 0.465 e. The van der Waals surface area contributed by atoms with Crippen LogP contribution in [0.25, 0.3) is 27.1 Å². The Hall–Kier alpha value is -2.67. The lowest BCUT2D eigenvalue weighted by atomic mass is 9.93. The first-order valence-electron chi connectivity index (χ1n) is 8.88. The van der Waals surface area contributed by atoms with Gasteiger partial charge in [0, 0.05) is 17.1 Å². The fraction of sp³-hybridized carbons (Fsp3) is 0.350. The molecule has 0 saturated carbocycles. The van der Waals surface area contributed by atoms with Crippen molar-refractivity contribution in [1.82, 2.24) is 19.6 Å². The number of thiophene rings is 1. The van der Waals surface area contributed by atoms with Crippen molar-refractivity contribution in [2.45, 2.75) is 40.5 Å². The lowest BCUT2D eigenvalue weighted by molar-refractivity contribution is 0.0605. The van der Waals surface area contributed by atoms with E-state index < -0.39 is 0 Å². The number of methoxy groups -OCH3 is 1. The number of hydrogen-bond donors (Lipinski definition) is 1. The van der Waals surface area contributed by atoms with Gasteiger partial charge in [-0.15, -0.1) is 11.3 Å². The van der Waals surface area contributed by atoms with Crippen LogP contribution < -0.4 is 0 Å². The maximum atomic E-state index is 12.1. The number of aromatic amines is 1. The Kier molecular flexibility index (Phi) is 4.07. The lowest BCUT2D eigenvalue weighted by Crippen LogP contribution is -2.01. The maximum absolute atomic E-state index is 12.1. The van der Waals surface area contributed by atoms with Gasteiger partial charge in [0.05, 0.1) is 12.8 Å². The number of nitrogens with one attached hydrogen (secondary N) is 1. The molecule has 27 heavy (non-hydrogen) atoms. The number of aryl methyl sites for hydroxylation is 2. The fourth-order valence-corrected chi connectivity index (χ4v) is 4.91.